The molecular weight excluding hydrogens is 251 g/mol. The zero-order valence-corrected chi connectivity index (χ0v) is 9.85. The van der Waals surface area contributed by atoms with Crippen molar-refractivity contribution in [3.8, 4) is 0 Å². The van der Waals surface area contributed by atoms with Crippen molar-refractivity contribution < 1.29 is 27.9 Å². The van der Waals surface area contributed by atoms with Gasteiger partial charge >= 0.3 is 18.1 Å². The van der Waals surface area contributed by atoms with E-state index < -0.39 is 23.5 Å². The molecule has 0 radical (unpaired) electrons. The first-order valence-electron chi connectivity index (χ1n) is 5.86. The van der Waals surface area contributed by atoms with E-state index in [9.17, 15) is 27.9 Å². The molecule has 1 saturated carbocycles. The molecule has 0 atom stereocenters. The van der Waals surface area contributed by atoms with Crippen LogP contribution in [0.1, 0.15) is 38.5 Å². The van der Waals surface area contributed by atoms with Crippen LogP contribution in [0.5, 0.6) is 0 Å². The minimum Gasteiger partial charge on any atom is -0.481 e. The summed E-state index contributed by atoms with van der Waals surface area (Å²) in [6, 6.07) is 0. The van der Waals surface area contributed by atoms with E-state index in [4.69, 9.17) is 0 Å². The summed E-state index contributed by atoms with van der Waals surface area (Å²) in [5.41, 5.74) is -0.975. The lowest BCUT2D eigenvalue weighted by molar-refractivity contribution is -0.173. The maximum absolute atomic E-state index is 11.9. The highest BCUT2D eigenvalue weighted by molar-refractivity contribution is 5.81. The zero-order valence-electron chi connectivity index (χ0n) is 9.85. The van der Waals surface area contributed by atoms with Gasteiger partial charge in [-0.15, -0.1) is 0 Å². The van der Waals surface area contributed by atoms with Crippen molar-refractivity contribution in [2.75, 3.05) is 6.54 Å². The summed E-state index contributed by atoms with van der Waals surface area (Å²) in [5, 5.41) is 10.9. The number of hydrogen-bond acceptors (Lipinski definition) is 2. The van der Waals surface area contributed by atoms with Gasteiger partial charge < -0.3 is 10.4 Å². The fourth-order valence-electron chi connectivity index (χ4n) is 2.31. The molecule has 2 N–H and O–H groups in total. The van der Waals surface area contributed by atoms with E-state index in [1.54, 1.807) is 5.32 Å². The van der Waals surface area contributed by atoms with Gasteiger partial charge in [-0.1, -0.05) is 19.3 Å². The molecule has 0 aliphatic heterocycles. The molecule has 1 amide bonds. The Hall–Kier alpha value is -1.27. The minimum atomic E-state index is -4.91. The number of rotatable bonds is 4. The smallest absolute Gasteiger partial charge is 0.471 e. The molecule has 0 aromatic rings. The molecule has 7 heteroatoms. The van der Waals surface area contributed by atoms with Crippen molar-refractivity contribution in [3.05, 3.63) is 0 Å². The molecule has 104 valence electrons. The SMILES string of the molecule is O=C(NCCC1(C(=O)O)CCCCC1)C(F)(F)F. The van der Waals surface area contributed by atoms with Crippen molar-refractivity contribution in [2.24, 2.45) is 5.41 Å². The Bertz CT molecular complexity index is 322. The van der Waals surface area contributed by atoms with Crippen LogP contribution >= 0.6 is 0 Å². The van der Waals surface area contributed by atoms with Gasteiger partial charge in [0.05, 0.1) is 5.41 Å². The molecule has 1 aliphatic carbocycles. The summed E-state index contributed by atoms with van der Waals surface area (Å²) < 4.78 is 35.8. The first kappa shape index (κ1) is 14.8. The lowest BCUT2D eigenvalue weighted by atomic mass is 9.72. The maximum atomic E-state index is 11.9. The number of carboxylic acids is 1. The Balaban J connectivity index is 2.49. The number of hydrogen-bond donors (Lipinski definition) is 2. The van der Waals surface area contributed by atoms with E-state index in [2.05, 4.69) is 0 Å². The average Bonchev–Trinajstić information content (AvgIpc) is 2.28. The molecule has 0 aromatic heterocycles. The number of halogens is 3. The molecule has 0 aromatic carbocycles. The number of carboxylic acid groups (broad SMARTS) is 1. The molecule has 1 rings (SSSR count). The Morgan fingerprint density at radius 1 is 1.17 bits per heavy atom. The van der Waals surface area contributed by atoms with E-state index in [1.165, 1.54) is 0 Å². The molecule has 0 saturated heterocycles. The van der Waals surface area contributed by atoms with Gasteiger partial charge in [-0.25, -0.2) is 0 Å². The molecule has 0 bridgehead atoms. The normalized spacial score (nSPS) is 19.3. The van der Waals surface area contributed by atoms with E-state index in [1.807, 2.05) is 0 Å². The van der Waals surface area contributed by atoms with E-state index in [0.29, 0.717) is 12.8 Å². The Morgan fingerprint density at radius 2 is 1.72 bits per heavy atom. The predicted octanol–water partition coefficient (Wildman–Crippen LogP) is 2.09. The Labute approximate surface area is 103 Å². The van der Waals surface area contributed by atoms with Crippen molar-refractivity contribution >= 4 is 11.9 Å². The van der Waals surface area contributed by atoms with Crippen LogP contribution < -0.4 is 5.32 Å². The van der Waals surface area contributed by atoms with Crippen LogP contribution in [-0.2, 0) is 9.59 Å². The van der Waals surface area contributed by atoms with Gasteiger partial charge in [-0.05, 0) is 19.3 Å². The molecule has 1 fully saturated rings. The standard InChI is InChI=1S/C11H16F3NO3/c12-11(13,14)8(16)15-7-6-10(9(17)18)4-2-1-3-5-10/h1-7H2,(H,15,16)(H,17,18). The van der Waals surface area contributed by atoms with Gasteiger partial charge in [0.1, 0.15) is 0 Å². The Morgan fingerprint density at radius 3 is 2.17 bits per heavy atom. The minimum absolute atomic E-state index is 0.0458. The molecule has 1 aliphatic rings. The second kappa shape index (κ2) is 5.58. The second-order valence-electron chi connectivity index (χ2n) is 4.65. The number of nitrogens with one attached hydrogen (secondary N) is 1. The highest BCUT2D eigenvalue weighted by Gasteiger charge is 2.41. The van der Waals surface area contributed by atoms with Crippen LogP contribution in [0.25, 0.3) is 0 Å². The van der Waals surface area contributed by atoms with Crippen LogP contribution in [0, 0.1) is 5.41 Å². The Kier molecular flexibility index (Phi) is 4.59. The summed E-state index contributed by atoms with van der Waals surface area (Å²) >= 11 is 0. The van der Waals surface area contributed by atoms with Gasteiger partial charge in [-0.3, -0.25) is 9.59 Å². The molecule has 0 spiro atoms. The number of carbonyl (C=O) groups excluding carboxylic acids is 1. The molecule has 4 nitrogen and oxygen atoms in total. The van der Waals surface area contributed by atoms with Crippen LogP contribution in [0.15, 0.2) is 0 Å². The zero-order chi connectivity index (χ0) is 13.8. The number of amides is 1. The largest absolute Gasteiger partial charge is 0.481 e. The molecule has 0 heterocycles. The van der Waals surface area contributed by atoms with Crippen LogP contribution in [-0.4, -0.2) is 29.7 Å². The highest BCUT2D eigenvalue weighted by Crippen LogP contribution is 2.39. The quantitative estimate of drug-likeness (QED) is 0.819. The van der Waals surface area contributed by atoms with Crippen molar-refractivity contribution in [1.82, 2.24) is 5.32 Å². The fourth-order valence-corrected chi connectivity index (χ4v) is 2.31. The number of alkyl halides is 3. The van der Waals surface area contributed by atoms with Gasteiger partial charge in [-0.2, -0.15) is 13.2 Å². The average molecular weight is 267 g/mol. The molecule has 0 unspecified atom stereocenters. The summed E-state index contributed by atoms with van der Waals surface area (Å²) in [7, 11) is 0. The summed E-state index contributed by atoms with van der Waals surface area (Å²) in [4.78, 5) is 21.8. The van der Waals surface area contributed by atoms with Gasteiger partial charge in [0.15, 0.2) is 0 Å². The number of aliphatic carboxylic acids is 1. The lowest BCUT2D eigenvalue weighted by Gasteiger charge is -2.33. The van der Waals surface area contributed by atoms with E-state index >= 15 is 0 Å². The predicted molar refractivity (Wildman–Crippen MR) is 56.8 cm³/mol. The topological polar surface area (TPSA) is 66.4 Å². The van der Waals surface area contributed by atoms with Gasteiger partial charge in [0, 0.05) is 6.54 Å². The summed E-state index contributed by atoms with van der Waals surface area (Å²) in [5.74, 6) is -3.00. The van der Waals surface area contributed by atoms with Crippen LogP contribution in [0.3, 0.4) is 0 Å². The fraction of sp³-hybridized carbons (Fsp3) is 0.818. The first-order valence-corrected chi connectivity index (χ1v) is 5.86. The molecule has 18 heavy (non-hydrogen) atoms. The van der Waals surface area contributed by atoms with Crippen LogP contribution in [0.2, 0.25) is 0 Å². The third kappa shape index (κ3) is 3.61. The van der Waals surface area contributed by atoms with Crippen molar-refractivity contribution in [1.29, 1.82) is 0 Å². The lowest BCUT2D eigenvalue weighted by Crippen LogP contribution is -2.41. The second-order valence-corrected chi connectivity index (χ2v) is 4.65. The maximum Gasteiger partial charge on any atom is 0.471 e. The molecular formula is C11H16F3NO3. The van der Waals surface area contributed by atoms with Gasteiger partial charge in [0.2, 0.25) is 0 Å². The highest BCUT2D eigenvalue weighted by atomic mass is 19.4. The van der Waals surface area contributed by atoms with Crippen molar-refractivity contribution in [3.63, 3.8) is 0 Å². The number of carbonyl (C=O) groups is 2. The van der Waals surface area contributed by atoms with Crippen LogP contribution in [0.4, 0.5) is 13.2 Å². The van der Waals surface area contributed by atoms with Gasteiger partial charge in [0.25, 0.3) is 0 Å². The first-order chi connectivity index (χ1) is 8.28. The third-order valence-corrected chi connectivity index (χ3v) is 3.41. The van der Waals surface area contributed by atoms with E-state index in [0.717, 1.165) is 19.3 Å². The third-order valence-electron chi connectivity index (χ3n) is 3.41. The van der Waals surface area contributed by atoms with E-state index in [-0.39, 0.29) is 13.0 Å². The monoisotopic (exact) mass is 267 g/mol. The summed E-state index contributed by atoms with van der Waals surface area (Å²) in [6.07, 6.45) is -1.47. The summed E-state index contributed by atoms with van der Waals surface area (Å²) in [6.45, 7) is -0.259. The van der Waals surface area contributed by atoms with Crippen molar-refractivity contribution in [2.45, 2.75) is 44.7 Å².